The molecule has 1 aliphatic rings. The van der Waals surface area contributed by atoms with E-state index in [0.29, 0.717) is 0 Å². The minimum atomic E-state index is 0.726. The van der Waals surface area contributed by atoms with Crippen LogP contribution in [0.15, 0.2) is 0 Å². The Bertz CT molecular complexity index is 61.4. The summed E-state index contributed by atoms with van der Waals surface area (Å²) in [5, 5.41) is 6.56. The molecule has 2 nitrogen and oxygen atoms in total. The van der Waals surface area contributed by atoms with Gasteiger partial charge in [-0.2, -0.15) is 0 Å². The zero-order valence-electron chi connectivity index (χ0n) is 5.41. The number of hydrogen-bond donors (Lipinski definition) is 2. The number of rotatable bonds is 1. The lowest BCUT2D eigenvalue weighted by Gasteiger charge is -2.21. The van der Waals surface area contributed by atoms with Crippen LogP contribution >= 0.6 is 0 Å². The van der Waals surface area contributed by atoms with Crippen LogP contribution in [-0.2, 0) is 0 Å². The minimum absolute atomic E-state index is 0.726. The zero-order valence-corrected chi connectivity index (χ0v) is 5.41. The van der Waals surface area contributed by atoms with E-state index in [1.54, 1.807) is 0 Å². The first-order valence-corrected chi connectivity index (χ1v) is 3.31. The molecule has 46 valence electrons. The van der Waals surface area contributed by atoms with Crippen LogP contribution in [0.5, 0.6) is 0 Å². The molecule has 1 atom stereocenters. The Morgan fingerprint density at radius 2 is 2.50 bits per heavy atom. The highest BCUT2D eigenvalue weighted by atomic mass is 14.9. The van der Waals surface area contributed by atoms with Crippen LogP contribution in [0.4, 0.5) is 0 Å². The molecule has 0 spiro atoms. The molecule has 0 aromatic carbocycles. The average molecular weight is 112 g/mol. The summed E-state index contributed by atoms with van der Waals surface area (Å²) in [5.41, 5.74) is 0. The van der Waals surface area contributed by atoms with Gasteiger partial charge in [0.1, 0.15) is 0 Å². The van der Waals surface area contributed by atoms with Crippen LogP contribution in [-0.4, -0.2) is 27.1 Å². The van der Waals surface area contributed by atoms with Crippen molar-refractivity contribution in [2.24, 2.45) is 0 Å². The fourth-order valence-electron chi connectivity index (χ4n) is 1.10. The summed E-state index contributed by atoms with van der Waals surface area (Å²) in [6.45, 7) is 2.36. The van der Waals surface area contributed by atoms with Crippen molar-refractivity contribution in [2.45, 2.75) is 18.9 Å². The second-order valence-corrected chi connectivity index (χ2v) is 2.33. The van der Waals surface area contributed by atoms with Gasteiger partial charge in [0.2, 0.25) is 0 Å². The first kappa shape index (κ1) is 6.11. The van der Waals surface area contributed by atoms with Crippen LogP contribution in [0.1, 0.15) is 12.8 Å². The molecule has 0 bridgehead atoms. The van der Waals surface area contributed by atoms with E-state index in [4.69, 9.17) is 0 Å². The highest BCUT2D eigenvalue weighted by molar-refractivity contribution is 6.04. The van der Waals surface area contributed by atoms with Gasteiger partial charge in [0, 0.05) is 12.6 Å². The molecule has 0 aromatic rings. The fourth-order valence-corrected chi connectivity index (χ4v) is 1.10. The number of hydrogen-bond acceptors (Lipinski definition) is 2. The first-order chi connectivity index (χ1) is 3.93. The molecular weight excluding hydrogens is 98.9 g/mol. The van der Waals surface area contributed by atoms with E-state index < -0.39 is 0 Å². The van der Waals surface area contributed by atoms with Gasteiger partial charge in [0.05, 0.1) is 0 Å². The average Bonchev–Trinajstić information content (AvgIpc) is 1.90. The van der Waals surface area contributed by atoms with Gasteiger partial charge in [-0.15, -0.1) is 0 Å². The van der Waals surface area contributed by atoms with Crippen LogP contribution < -0.4 is 10.5 Å². The van der Waals surface area contributed by atoms with Crippen molar-refractivity contribution in [1.29, 1.82) is 0 Å². The van der Waals surface area contributed by atoms with E-state index >= 15 is 0 Å². The van der Waals surface area contributed by atoms with E-state index in [9.17, 15) is 0 Å². The highest BCUT2D eigenvalue weighted by Gasteiger charge is 2.08. The maximum atomic E-state index is 3.32. The minimum Gasteiger partial charge on any atom is -0.358 e. The van der Waals surface area contributed by atoms with Crippen LogP contribution in [0.3, 0.4) is 0 Å². The SMILES string of the molecule is BN[C@H]1CCCNC1. The van der Waals surface area contributed by atoms with Gasteiger partial charge in [-0.05, 0) is 19.4 Å². The molecule has 0 unspecified atom stereocenters. The maximum Gasteiger partial charge on any atom is 0.182 e. The Kier molecular flexibility index (Phi) is 2.37. The summed E-state index contributed by atoms with van der Waals surface area (Å²) in [6.07, 6.45) is 2.66. The van der Waals surface area contributed by atoms with Crippen molar-refractivity contribution < 1.29 is 0 Å². The first-order valence-electron chi connectivity index (χ1n) is 3.31. The lowest BCUT2D eigenvalue weighted by atomic mass is 10.1. The Hall–Kier alpha value is -0.0151. The second-order valence-electron chi connectivity index (χ2n) is 2.33. The third-order valence-electron chi connectivity index (χ3n) is 1.71. The predicted octanol–water partition coefficient (Wildman–Crippen LogP) is -1.12. The predicted molar refractivity (Wildman–Crippen MR) is 37.6 cm³/mol. The zero-order chi connectivity index (χ0) is 5.82. The Balaban J connectivity index is 2.13. The van der Waals surface area contributed by atoms with Gasteiger partial charge in [0.15, 0.2) is 7.98 Å². The van der Waals surface area contributed by atoms with Gasteiger partial charge in [-0.25, -0.2) is 0 Å². The van der Waals surface area contributed by atoms with Crippen molar-refractivity contribution in [3.8, 4) is 0 Å². The van der Waals surface area contributed by atoms with Gasteiger partial charge >= 0.3 is 0 Å². The third kappa shape index (κ3) is 1.49. The largest absolute Gasteiger partial charge is 0.358 e. The third-order valence-corrected chi connectivity index (χ3v) is 1.71. The number of nitrogens with one attached hydrogen (secondary N) is 2. The molecule has 3 heteroatoms. The molecule has 1 heterocycles. The molecule has 0 aliphatic carbocycles. The van der Waals surface area contributed by atoms with E-state index in [1.165, 1.54) is 19.4 Å². The molecule has 0 aromatic heterocycles. The Labute approximate surface area is 51.5 Å². The second kappa shape index (κ2) is 3.10. The summed E-state index contributed by atoms with van der Waals surface area (Å²) in [6, 6.07) is 0.726. The van der Waals surface area contributed by atoms with Crippen molar-refractivity contribution in [3.63, 3.8) is 0 Å². The molecular formula is C5H13BN2. The molecule has 1 fully saturated rings. The molecule has 0 saturated carbocycles. The topological polar surface area (TPSA) is 24.1 Å². The lowest BCUT2D eigenvalue weighted by molar-refractivity contribution is 0.438. The smallest absolute Gasteiger partial charge is 0.182 e. The summed E-state index contributed by atoms with van der Waals surface area (Å²) >= 11 is 0. The van der Waals surface area contributed by atoms with Gasteiger partial charge in [-0.3, -0.25) is 0 Å². The van der Waals surface area contributed by atoms with Crippen molar-refractivity contribution in [1.82, 2.24) is 10.5 Å². The Morgan fingerprint density at radius 3 is 2.88 bits per heavy atom. The normalized spacial score (nSPS) is 30.2. The summed E-state index contributed by atoms with van der Waals surface area (Å²) < 4.78 is 0. The molecule has 8 heavy (non-hydrogen) atoms. The summed E-state index contributed by atoms with van der Waals surface area (Å²) in [5.74, 6) is 0. The molecule has 1 aliphatic heterocycles. The standard InChI is InChI=1S/C5H13BN2/c6-8-5-2-1-3-7-4-5/h5,7-8H,1-4,6H2/t5-/m0/s1. The summed E-state index contributed by atoms with van der Waals surface area (Å²) in [7, 11) is 2.03. The van der Waals surface area contributed by atoms with Gasteiger partial charge < -0.3 is 10.5 Å². The van der Waals surface area contributed by atoms with E-state index in [-0.39, 0.29) is 0 Å². The quantitative estimate of drug-likeness (QED) is 0.419. The molecule has 1 saturated heterocycles. The van der Waals surface area contributed by atoms with Gasteiger partial charge in [0.25, 0.3) is 0 Å². The van der Waals surface area contributed by atoms with Crippen LogP contribution in [0.25, 0.3) is 0 Å². The lowest BCUT2D eigenvalue weighted by Crippen LogP contribution is -2.41. The van der Waals surface area contributed by atoms with Crippen molar-refractivity contribution in [2.75, 3.05) is 13.1 Å². The van der Waals surface area contributed by atoms with E-state index in [1.807, 2.05) is 7.98 Å². The van der Waals surface area contributed by atoms with Crippen LogP contribution in [0, 0.1) is 0 Å². The molecule has 0 radical (unpaired) electrons. The van der Waals surface area contributed by atoms with E-state index in [2.05, 4.69) is 10.5 Å². The van der Waals surface area contributed by atoms with Crippen molar-refractivity contribution >= 4 is 7.98 Å². The molecule has 1 rings (SSSR count). The fraction of sp³-hybridized carbons (Fsp3) is 1.00. The monoisotopic (exact) mass is 112 g/mol. The Morgan fingerprint density at radius 1 is 1.62 bits per heavy atom. The summed E-state index contributed by atoms with van der Waals surface area (Å²) in [4.78, 5) is 0. The van der Waals surface area contributed by atoms with E-state index in [0.717, 1.165) is 12.6 Å². The maximum absolute atomic E-state index is 3.32. The molecule has 2 N–H and O–H groups in total. The van der Waals surface area contributed by atoms with Crippen molar-refractivity contribution in [3.05, 3.63) is 0 Å². The highest BCUT2D eigenvalue weighted by Crippen LogP contribution is 1.98. The number of piperidine rings is 1. The van der Waals surface area contributed by atoms with Gasteiger partial charge in [-0.1, -0.05) is 0 Å². The molecule has 0 amide bonds. The van der Waals surface area contributed by atoms with Crippen LogP contribution in [0.2, 0.25) is 0 Å².